The highest BCUT2D eigenvalue weighted by Gasteiger charge is 2.15. The molecule has 1 fully saturated rings. The van der Waals surface area contributed by atoms with E-state index < -0.39 is 0 Å². The molecule has 2 rings (SSSR count). The lowest BCUT2D eigenvalue weighted by molar-refractivity contribution is -0.906. The first kappa shape index (κ1) is 14.6. The van der Waals surface area contributed by atoms with Crippen LogP contribution in [-0.2, 0) is 4.74 Å². The molecular weight excluding hydrogens is 287 g/mol. The highest BCUT2D eigenvalue weighted by molar-refractivity contribution is 6.43. The van der Waals surface area contributed by atoms with Gasteiger partial charge >= 0.3 is 0 Å². The van der Waals surface area contributed by atoms with Crippen molar-refractivity contribution in [3.8, 4) is 0 Å². The summed E-state index contributed by atoms with van der Waals surface area (Å²) in [4.78, 5) is 13.4. The number of nitrogens with one attached hydrogen (secondary N) is 2. The van der Waals surface area contributed by atoms with Gasteiger partial charge in [-0.25, -0.2) is 0 Å². The number of morpholine rings is 1. The molecule has 1 aromatic rings. The van der Waals surface area contributed by atoms with Crippen LogP contribution in [0.1, 0.15) is 10.4 Å². The summed E-state index contributed by atoms with van der Waals surface area (Å²) in [5.74, 6) is -0.180. The van der Waals surface area contributed by atoms with Gasteiger partial charge < -0.3 is 15.0 Å². The minimum atomic E-state index is -0.180. The zero-order valence-electron chi connectivity index (χ0n) is 10.5. The lowest BCUT2D eigenvalue weighted by Gasteiger charge is -2.23. The van der Waals surface area contributed by atoms with Crippen LogP contribution in [0.15, 0.2) is 18.2 Å². The van der Waals surface area contributed by atoms with Crippen LogP contribution in [0.4, 0.5) is 0 Å². The van der Waals surface area contributed by atoms with E-state index in [-0.39, 0.29) is 5.91 Å². The molecular formula is C13H17Cl2N2O2+. The molecule has 2 N–H and O–H groups in total. The molecule has 1 aliphatic rings. The topological polar surface area (TPSA) is 42.8 Å². The van der Waals surface area contributed by atoms with Crippen molar-refractivity contribution in [2.24, 2.45) is 0 Å². The summed E-state index contributed by atoms with van der Waals surface area (Å²) in [6, 6.07) is 5.06. The summed E-state index contributed by atoms with van der Waals surface area (Å²) in [7, 11) is 0. The number of hydrogen-bond acceptors (Lipinski definition) is 2. The standard InChI is InChI=1S/C13H16Cl2N2O2/c14-11-3-1-2-10(12(11)15)13(18)16-4-5-17-6-8-19-9-7-17/h1-3H,4-9H2,(H,16,18)/p+1. The van der Waals surface area contributed by atoms with Crippen molar-refractivity contribution in [1.29, 1.82) is 0 Å². The molecule has 6 heteroatoms. The van der Waals surface area contributed by atoms with Gasteiger partial charge in [-0.05, 0) is 12.1 Å². The molecule has 0 aromatic heterocycles. The molecule has 104 valence electrons. The molecule has 1 saturated heterocycles. The Kier molecular flexibility index (Phi) is 5.45. The fourth-order valence-corrected chi connectivity index (χ4v) is 2.42. The minimum Gasteiger partial charge on any atom is -0.370 e. The average molecular weight is 304 g/mol. The van der Waals surface area contributed by atoms with Crippen LogP contribution >= 0.6 is 23.2 Å². The fraction of sp³-hybridized carbons (Fsp3) is 0.462. The quantitative estimate of drug-likeness (QED) is 0.857. The van der Waals surface area contributed by atoms with E-state index in [1.54, 1.807) is 18.2 Å². The second kappa shape index (κ2) is 7.10. The summed E-state index contributed by atoms with van der Waals surface area (Å²) in [5.41, 5.74) is 0.422. The predicted molar refractivity (Wildman–Crippen MR) is 75.2 cm³/mol. The third-order valence-corrected chi connectivity index (χ3v) is 3.98. The molecule has 0 spiro atoms. The second-order valence-corrected chi connectivity index (χ2v) is 5.25. The first-order valence-electron chi connectivity index (χ1n) is 6.32. The van der Waals surface area contributed by atoms with Crippen LogP contribution in [0.3, 0.4) is 0 Å². The van der Waals surface area contributed by atoms with Crippen molar-refractivity contribution in [2.75, 3.05) is 39.4 Å². The number of quaternary nitrogens is 1. The van der Waals surface area contributed by atoms with Gasteiger partial charge in [0.05, 0.1) is 41.9 Å². The molecule has 1 aliphatic heterocycles. The van der Waals surface area contributed by atoms with Gasteiger partial charge in [-0.3, -0.25) is 4.79 Å². The van der Waals surface area contributed by atoms with Gasteiger partial charge in [-0.15, -0.1) is 0 Å². The van der Waals surface area contributed by atoms with E-state index in [2.05, 4.69) is 5.32 Å². The first-order valence-corrected chi connectivity index (χ1v) is 7.07. The van der Waals surface area contributed by atoms with Gasteiger partial charge in [-0.1, -0.05) is 29.3 Å². The van der Waals surface area contributed by atoms with Gasteiger partial charge in [0, 0.05) is 0 Å². The van der Waals surface area contributed by atoms with Crippen molar-refractivity contribution < 1.29 is 14.4 Å². The Hall–Kier alpha value is -0.810. The number of ether oxygens (including phenoxy) is 1. The number of carbonyl (C=O) groups is 1. The summed E-state index contributed by atoms with van der Waals surface area (Å²) in [6.07, 6.45) is 0. The largest absolute Gasteiger partial charge is 0.370 e. The molecule has 0 unspecified atom stereocenters. The lowest BCUT2D eigenvalue weighted by atomic mass is 10.2. The van der Waals surface area contributed by atoms with Gasteiger partial charge in [0.15, 0.2) is 0 Å². The Morgan fingerprint density at radius 1 is 1.32 bits per heavy atom. The van der Waals surface area contributed by atoms with Crippen molar-refractivity contribution in [3.63, 3.8) is 0 Å². The van der Waals surface area contributed by atoms with E-state index >= 15 is 0 Å². The Morgan fingerprint density at radius 2 is 2.05 bits per heavy atom. The molecule has 1 amide bonds. The summed E-state index contributed by atoms with van der Waals surface area (Å²) in [6.45, 7) is 5.10. The highest BCUT2D eigenvalue weighted by atomic mass is 35.5. The van der Waals surface area contributed by atoms with Crippen LogP contribution in [0.2, 0.25) is 10.0 Å². The van der Waals surface area contributed by atoms with Crippen LogP contribution in [0.5, 0.6) is 0 Å². The molecule has 0 radical (unpaired) electrons. The third-order valence-electron chi connectivity index (χ3n) is 3.16. The van der Waals surface area contributed by atoms with Gasteiger partial charge in [-0.2, -0.15) is 0 Å². The van der Waals surface area contributed by atoms with Crippen LogP contribution in [0, 0.1) is 0 Å². The van der Waals surface area contributed by atoms with Crippen molar-refractivity contribution in [1.82, 2.24) is 5.32 Å². The molecule has 0 saturated carbocycles. The number of amides is 1. The summed E-state index contributed by atoms with van der Waals surface area (Å²) in [5, 5.41) is 3.57. The maximum absolute atomic E-state index is 12.0. The van der Waals surface area contributed by atoms with E-state index in [1.165, 1.54) is 4.90 Å². The number of carbonyl (C=O) groups excluding carboxylic acids is 1. The van der Waals surface area contributed by atoms with Crippen LogP contribution in [-0.4, -0.2) is 45.3 Å². The number of benzene rings is 1. The smallest absolute Gasteiger partial charge is 0.253 e. The maximum atomic E-state index is 12.0. The molecule has 1 aromatic carbocycles. The van der Waals surface area contributed by atoms with Crippen molar-refractivity contribution in [2.45, 2.75) is 0 Å². The minimum absolute atomic E-state index is 0.180. The Balaban J connectivity index is 1.82. The zero-order chi connectivity index (χ0) is 13.7. The van der Waals surface area contributed by atoms with Crippen LogP contribution in [0.25, 0.3) is 0 Å². The normalized spacial score (nSPS) is 16.3. The average Bonchev–Trinajstić information content (AvgIpc) is 2.43. The van der Waals surface area contributed by atoms with Crippen molar-refractivity contribution in [3.05, 3.63) is 33.8 Å². The Bertz CT molecular complexity index is 448. The SMILES string of the molecule is O=C(NCC[NH+]1CCOCC1)c1cccc(Cl)c1Cl. The van der Waals surface area contributed by atoms with Crippen molar-refractivity contribution >= 4 is 29.1 Å². The lowest BCUT2D eigenvalue weighted by Crippen LogP contribution is -3.14. The molecule has 1 heterocycles. The molecule has 0 atom stereocenters. The number of halogens is 2. The van der Waals surface area contributed by atoms with E-state index in [0.717, 1.165) is 32.8 Å². The zero-order valence-corrected chi connectivity index (χ0v) is 12.1. The molecule has 0 bridgehead atoms. The Morgan fingerprint density at radius 3 is 2.79 bits per heavy atom. The maximum Gasteiger partial charge on any atom is 0.253 e. The predicted octanol–water partition coefficient (Wildman–Crippen LogP) is 0.638. The van der Waals surface area contributed by atoms with E-state index in [9.17, 15) is 4.79 Å². The Labute approximate surface area is 122 Å². The van der Waals surface area contributed by atoms with E-state index in [1.807, 2.05) is 0 Å². The van der Waals surface area contributed by atoms with E-state index in [4.69, 9.17) is 27.9 Å². The summed E-state index contributed by atoms with van der Waals surface area (Å²) < 4.78 is 5.29. The molecule has 0 aliphatic carbocycles. The van der Waals surface area contributed by atoms with E-state index in [0.29, 0.717) is 22.2 Å². The first-order chi connectivity index (χ1) is 9.18. The number of hydrogen-bond donors (Lipinski definition) is 2. The highest BCUT2D eigenvalue weighted by Crippen LogP contribution is 2.25. The van der Waals surface area contributed by atoms with Gasteiger partial charge in [0.2, 0.25) is 0 Å². The van der Waals surface area contributed by atoms with Crippen LogP contribution < -0.4 is 10.2 Å². The van der Waals surface area contributed by atoms with Gasteiger partial charge in [0.1, 0.15) is 13.1 Å². The van der Waals surface area contributed by atoms with Gasteiger partial charge in [0.25, 0.3) is 5.91 Å². The monoisotopic (exact) mass is 303 g/mol. The summed E-state index contributed by atoms with van der Waals surface area (Å²) >= 11 is 11.9. The second-order valence-electron chi connectivity index (χ2n) is 4.47. The third kappa shape index (κ3) is 4.08. The molecule has 4 nitrogen and oxygen atoms in total. The molecule has 19 heavy (non-hydrogen) atoms. The number of rotatable bonds is 4. The fourth-order valence-electron chi connectivity index (χ4n) is 2.04.